The third-order valence-corrected chi connectivity index (χ3v) is 15.4. The molecule has 0 saturated heterocycles. The van der Waals surface area contributed by atoms with Crippen LogP contribution in [0.1, 0.15) is 112 Å². The minimum absolute atomic E-state index is 0.0254. The first-order valence-electron chi connectivity index (χ1n) is 18.2. The van der Waals surface area contributed by atoms with E-state index in [2.05, 4.69) is 64.9 Å². The van der Waals surface area contributed by atoms with Crippen molar-refractivity contribution in [3.63, 3.8) is 0 Å². The van der Waals surface area contributed by atoms with Gasteiger partial charge in [0.2, 0.25) is 0 Å². The van der Waals surface area contributed by atoms with E-state index in [1.165, 1.54) is 16.3 Å². The fraction of sp³-hybridized carbons (Fsp3) is 0.692. The van der Waals surface area contributed by atoms with Gasteiger partial charge in [0.15, 0.2) is 0 Å². The predicted octanol–water partition coefficient (Wildman–Crippen LogP) is 8.45. The summed E-state index contributed by atoms with van der Waals surface area (Å²) in [6.07, 6.45) is 12.6. The molecule has 9 heteroatoms. The van der Waals surface area contributed by atoms with E-state index in [1.807, 2.05) is 0 Å². The maximum atomic E-state index is 14.5. The van der Waals surface area contributed by atoms with Crippen LogP contribution in [0, 0.1) is 66.8 Å². The molecule has 0 unspecified atom stereocenters. The molecule has 9 nitrogen and oxygen atoms in total. The number of para-hydroxylation sites is 2. The summed E-state index contributed by atoms with van der Waals surface area (Å²) in [7, 11) is 0. The largest absolute Gasteiger partial charge is 0.459 e. The van der Waals surface area contributed by atoms with E-state index in [0.717, 1.165) is 51.4 Å². The van der Waals surface area contributed by atoms with Crippen molar-refractivity contribution < 1.29 is 19.2 Å². The van der Waals surface area contributed by atoms with E-state index in [0.29, 0.717) is 47.3 Å². The van der Waals surface area contributed by atoms with E-state index < -0.39 is 10.3 Å². The number of nitrogens with zero attached hydrogens (tertiary/aromatic N) is 4. The molecule has 9 atom stereocenters. The Hall–Kier alpha value is -3.36. The number of rotatable bonds is 5. The lowest BCUT2D eigenvalue weighted by Crippen LogP contribution is -2.65. The molecule has 5 aliphatic carbocycles. The number of hydrogen-bond donors (Lipinski definition) is 0. The zero-order valence-corrected chi connectivity index (χ0v) is 29.8. The number of nitro groups is 1. The fourth-order valence-electron chi connectivity index (χ4n) is 12.2. The molecule has 48 heavy (non-hydrogen) atoms. The summed E-state index contributed by atoms with van der Waals surface area (Å²) >= 11 is 0. The molecule has 0 amide bonds. The van der Waals surface area contributed by atoms with E-state index in [-0.39, 0.29) is 45.8 Å². The van der Waals surface area contributed by atoms with E-state index >= 15 is 0 Å². The SMILES string of the molecule is C[C@H]1[C@H](C)CC[C@]2(C(=O)OCc3cn(-c4ccccc4[N+](=O)[O-])nn3)CC[C@]3(C)C(=CC[C@@H]4[C@@]5(C)CCC(=O)C(C)(C)[C@@H]5CC[C@]43C)[C@H]12. The summed E-state index contributed by atoms with van der Waals surface area (Å²) < 4.78 is 7.53. The van der Waals surface area contributed by atoms with Crippen LogP contribution in [0.4, 0.5) is 5.69 Å². The molecule has 0 radical (unpaired) electrons. The van der Waals surface area contributed by atoms with Crippen molar-refractivity contribution in [1.82, 2.24) is 15.0 Å². The summed E-state index contributed by atoms with van der Waals surface area (Å²) in [5, 5.41) is 19.9. The highest BCUT2D eigenvalue weighted by molar-refractivity contribution is 5.85. The summed E-state index contributed by atoms with van der Waals surface area (Å²) in [4.78, 5) is 38.7. The second-order valence-corrected chi connectivity index (χ2v) is 17.4. The number of benzene rings is 1. The van der Waals surface area contributed by atoms with Gasteiger partial charge in [0.1, 0.15) is 23.8 Å². The van der Waals surface area contributed by atoms with Crippen molar-refractivity contribution in [1.29, 1.82) is 0 Å². The molecule has 4 fully saturated rings. The summed E-state index contributed by atoms with van der Waals surface area (Å²) in [5.74, 6) is 2.15. The van der Waals surface area contributed by atoms with Crippen LogP contribution < -0.4 is 0 Å². The number of carbonyl (C=O) groups excluding carboxylic acids is 2. The Labute approximate surface area is 284 Å². The van der Waals surface area contributed by atoms with Crippen molar-refractivity contribution in [2.75, 3.05) is 0 Å². The minimum atomic E-state index is -0.588. The monoisotopic (exact) mass is 656 g/mol. The van der Waals surface area contributed by atoms with E-state index in [9.17, 15) is 19.7 Å². The van der Waals surface area contributed by atoms with Gasteiger partial charge in [-0.1, -0.05) is 77.5 Å². The Bertz CT molecular complexity index is 1700. The number of Topliss-reactive ketones (excluding diaryl/α,β-unsaturated/α-hetero) is 1. The molecule has 1 aromatic heterocycles. The zero-order chi connectivity index (χ0) is 34.4. The number of aromatic nitrogens is 3. The minimum Gasteiger partial charge on any atom is -0.459 e. The smallest absolute Gasteiger partial charge is 0.313 e. The lowest BCUT2D eigenvalue weighted by atomic mass is 9.33. The van der Waals surface area contributed by atoms with Gasteiger partial charge in [-0.25, -0.2) is 4.68 Å². The highest BCUT2D eigenvalue weighted by Gasteiger charge is 2.69. The maximum Gasteiger partial charge on any atom is 0.313 e. The van der Waals surface area contributed by atoms with Crippen molar-refractivity contribution in [3.05, 3.63) is 57.9 Å². The summed E-state index contributed by atoms with van der Waals surface area (Å²) in [6, 6.07) is 6.39. The number of nitro benzene ring substituents is 1. The Kier molecular flexibility index (Phi) is 7.65. The molecular formula is C39H52N4O5. The van der Waals surface area contributed by atoms with Gasteiger partial charge < -0.3 is 4.74 Å². The van der Waals surface area contributed by atoms with Gasteiger partial charge in [-0.3, -0.25) is 19.7 Å². The van der Waals surface area contributed by atoms with E-state index in [1.54, 1.807) is 24.4 Å². The Balaban J connectivity index is 1.18. The zero-order valence-electron chi connectivity index (χ0n) is 29.8. The van der Waals surface area contributed by atoms with Gasteiger partial charge in [0.05, 0.1) is 16.5 Å². The molecule has 5 aliphatic rings. The van der Waals surface area contributed by atoms with Crippen molar-refractivity contribution in [2.24, 2.45) is 56.7 Å². The second kappa shape index (κ2) is 11.1. The quantitative estimate of drug-likeness (QED) is 0.137. The van der Waals surface area contributed by atoms with Crippen LogP contribution in [0.2, 0.25) is 0 Å². The third kappa shape index (κ3) is 4.47. The molecule has 4 saturated carbocycles. The van der Waals surface area contributed by atoms with Gasteiger partial charge >= 0.3 is 5.97 Å². The van der Waals surface area contributed by atoms with Crippen molar-refractivity contribution >= 4 is 17.4 Å². The summed E-state index contributed by atoms with van der Waals surface area (Å²) in [5.41, 5.74) is 1.51. The number of ether oxygens (including phenoxy) is 1. The molecule has 0 spiro atoms. The van der Waals surface area contributed by atoms with Crippen LogP contribution in [0.25, 0.3) is 5.69 Å². The van der Waals surface area contributed by atoms with Gasteiger partial charge in [0, 0.05) is 17.9 Å². The Morgan fingerprint density at radius 3 is 2.52 bits per heavy atom. The van der Waals surface area contributed by atoms with Crippen LogP contribution in [0.15, 0.2) is 42.1 Å². The molecule has 1 heterocycles. The standard InChI is InChI=1S/C39H52N4O5/c1-24-14-19-39(34(45)48-23-26-22-42(41-40-26)28-10-8-9-11-29(28)43(46)47)21-20-37(6)27(33(39)25(24)2)12-13-31-36(5)17-16-32(44)35(3,4)30(36)15-18-38(31,37)7/h8-12,22,24-25,30-31,33H,13-21,23H2,1-7H3/t24-,25+,30+,31-,33+,36+,37-,38-,39+/m1/s1. The number of fused-ring (bicyclic) bond motifs is 7. The van der Waals surface area contributed by atoms with Crippen LogP contribution in [0.3, 0.4) is 0 Å². The molecule has 7 rings (SSSR count). The molecule has 0 N–H and O–H groups in total. The van der Waals surface area contributed by atoms with Crippen molar-refractivity contribution in [3.8, 4) is 5.69 Å². The first-order chi connectivity index (χ1) is 22.6. The first-order valence-corrected chi connectivity index (χ1v) is 18.2. The Morgan fingerprint density at radius 1 is 1.02 bits per heavy atom. The number of carbonyl (C=O) groups is 2. The number of ketones is 1. The van der Waals surface area contributed by atoms with Crippen LogP contribution in [0.5, 0.6) is 0 Å². The van der Waals surface area contributed by atoms with Gasteiger partial charge in [0.25, 0.3) is 5.69 Å². The fourth-order valence-corrected chi connectivity index (χ4v) is 12.2. The average molecular weight is 657 g/mol. The molecule has 2 aromatic rings. The number of allylic oxidation sites excluding steroid dienone is 2. The number of esters is 1. The maximum absolute atomic E-state index is 14.5. The summed E-state index contributed by atoms with van der Waals surface area (Å²) in [6.45, 7) is 16.6. The molecule has 0 aliphatic heterocycles. The second-order valence-electron chi connectivity index (χ2n) is 17.4. The first kappa shape index (κ1) is 33.2. The van der Waals surface area contributed by atoms with Crippen LogP contribution in [-0.2, 0) is 20.9 Å². The van der Waals surface area contributed by atoms with Gasteiger partial charge in [-0.15, -0.1) is 5.10 Å². The van der Waals surface area contributed by atoms with Crippen LogP contribution >= 0.6 is 0 Å². The van der Waals surface area contributed by atoms with Gasteiger partial charge in [-0.2, -0.15) is 0 Å². The highest BCUT2D eigenvalue weighted by atomic mass is 16.6. The van der Waals surface area contributed by atoms with Gasteiger partial charge in [-0.05, 0) is 103 Å². The molecule has 258 valence electrons. The molecule has 0 bridgehead atoms. The molecule has 1 aromatic carbocycles. The molecular weight excluding hydrogens is 604 g/mol. The third-order valence-electron chi connectivity index (χ3n) is 15.4. The lowest BCUT2D eigenvalue weighted by Gasteiger charge is -2.70. The topological polar surface area (TPSA) is 117 Å². The normalized spacial score (nSPS) is 40.0. The lowest BCUT2D eigenvalue weighted by molar-refractivity contribution is -0.384. The van der Waals surface area contributed by atoms with Crippen LogP contribution in [-0.4, -0.2) is 31.7 Å². The number of hydrogen-bond acceptors (Lipinski definition) is 7. The average Bonchev–Trinajstić information content (AvgIpc) is 3.53. The van der Waals surface area contributed by atoms with Crippen molar-refractivity contribution in [2.45, 2.75) is 113 Å². The Morgan fingerprint density at radius 2 is 1.77 bits per heavy atom. The van der Waals surface area contributed by atoms with E-state index in [4.69, 9.17) is 4.74 Å². The predicted molar refractivity (Wildman–Crippen MR) is 182 cm³/mol. The highest BCUT2D eigenvalue weighted by Crippen LogP contribution is 2.75.